The van der Waals surface area contributed by atoms with Gasteiger partial charge in [-0.15, -0.1) is 0 Å². The highest BCUT2D eigenvalue weighted by Gasteiger charge is 2.12. The Labute approximate surface area is 94.6 Å². The fourth-order valence-corrected chi connectivity index (χ4v) is 2.20. The second kappa shape index (κ2) is 4.09. The van der Waals surface area contributed by atoms with E-state index in [1.165, 1.54) is 11.1 Å². The van der Waals surface area contributed by atoms with Crippen molar-refractivity contribution in [2.45, 2.75) is 12.8 Å². The van der Waals surface area contributed by atoms with Crippen LogP contribution in [-0.4, -0.2) is 25.0 Å². The zero-order valence-corrected chi connectivity index (χ0v) is 9.70. The topological polar surface area (TPSA) is 3.24 Å². The minimum Gasteiger partial charge on any atom is -0.306 e. The number of hydrogen-bond acceptors (Lipinski definition) is 1. The lowest BCUT2D eigenvalue weighted by Gasteiger charge is -2.10. The van der Waals surface area contributed by atoms with E-state index in [9.17, 15) is 0 Å². The van der Waals surface area contributed by atoms with E-state index in [1.54, 1.807) is 0 Å². The molecule has 76 valence electrons. The van der Waals surface area contributed by atoms with Crippen LogP contribution in [0.3, 0.4) is 0 Å². The van der Waals surface area contributed by atoms with Crippen molar-refractivity contribution >= 4 is 23.2 Å². The van der Waals surface area contributed by atoms with Gasteiger partial charge in [0.25, 0.3) is 0 Å². The maximum atomic E-state index is 5.99. The van der Waals surface area contributed by atoms with Crippen LogP contribution in [0.2, 0.25) is 10.0 Å². The highest BCUT2D eigenvalue weighted by molar-refractivity contribution is 6.42. The standard InChI is InChI=1S/C11H13Cl2N/c1-14-4-2-8-6-10(12)11(13)7-9(8)3-5-14/h6-7H,2-5H2,1H3. The van der Waals surface area contributed by atoms with Crippen molar-refractivity contribution in [2.75, 3.05) is 20.1 Å². The molecule has 1 aromatic carbocycles. The molecular weight excluding hydrogens is 217 g/mol. The van der Waals surface area contributed by atoms with Gasteiger partial charge in [0.2, 0.25) is 0 Å². The van der Waals surface area contributed by atoms with Gasteiger partial charge in [0.05, 0.1) is 10.0 Å². The summed E-state index contributed by atoms with van der Waals surface area (Å²) in [4.78, 5) is 2.34. The Hall–Kier alpha value is -0.240. The molecule has 0 atom stereocenters. The smallest absolute Gasteiger partial charge is 0.0595 e. The van der Waals surface area contributed by atoms with Crippen molar-refractivity contribution in [3.63, 3.8) is 0 Å². The Bertz CT molecular complexity index is 316. The third-order valence-corrected chi connectivity index (χ3v) is 3.49. The second-order valence-corrected chi connectivity index (χ2v) is 4.65. The molecule has 0 aliphatic carbocycles. The Kier molecular flexibility index (Phi) is 3.01. The maximum absolute atomic E-state index is 5.99. The van der Waals surface area contributed by atoms with Gasteiger partial charge in [-0.1, -0.05) is 23.2 Å². The van der Waals surface area contributed by atoms with Crippen LogP contribution in [0.25, 0.3) is 0 Å². The summed E-state index contributed by atoms with van der Waals surface area (Å²) >= 11 is 12.0. The zero-order valence-electron chi connectivity index (χ0n) is 8.19. The molecule has 0 radical (unpaired) electrons. The zero-order chi connectivity index (χ0) is 10.1. The van der Waals surface area contributed by atoms with E-state index in [4.69, 9.17) is 23.2 Å². The number of benzene rings is 1. The van der Waals surface area contributed by atoms with Crippen LogP contribution >= 0.6 is 23.2 Å². The van der Waals surface area contributed by atoms with Gasteiger partial charge in [0, 0.05) is 13.1 Å². The Morgan fingerprint density at radius 1 is 1.00 bits per heavy atom. The molecule has 0 unspecified atom stereocenters. The molecule has 2 rings (SSSR count). The average molecular weight is 230 g/mol. The molecule has 0 fully saturated rings. The molecule has 1 heterocycles. The van der Waals surface area contributed by atoms with Crippen molar-refractivity contribution in [1.82, 2.24) is 4.90 Å². The molecular formula is C11H13Cl2N. The SMILES string of the molecule is CN1CCc2cc(Cl)c(Cl)cc2CC1. The minimum absolute atomic E-state index is 0.676. The molecule has 0 saturated carbocycles. The molecule has 0 aromatic heterocycles. The van der Waals surface area contributed by atoms with E-state index in [2.05, 4.69) is 11.9 Å². The Morgan fingerprint density at radius 2 is 1.43 bits per heavy atom. The van der Waals surface area contributed by atoms with Gasteiger partial charge in [-0.2, -0.15) is 0 Å². The molecule has 0 spiro atoms. The number of rotatable bonds is 0. The summed E-state index contributed by atoms with van der Waals surface area (Å²) in [5, 5.41) is 1.35. The predicted octanol–water partition coefficient (Wildman–Crippen LogP) is 3.02. The van der Waals surface area contributed by atoms with E-state index in [1.807, 2.05) is 12.1 Å². The van der Waals surface area contributed by atoms with Crippen LogP contribution in [0.4, 0.5) is 0 Å². The molecule has 14 heavy (non-hydrogen) atoms. The van der Waals surface area contributed by atoms with Crippen LogP contribution in [0.15, 0.2) is 12.1 Å². The lowest BCUT2D eigenvalue weighted by Crippen LogP contribution is -2.20. The molecule has 1 aliphatic rings. The number of likely N-dealkylation sites (N-methyl/N-ethyl adjacent to an activating group) is 1. The second-order valence-electron chi connectivity index (χ2n) is 3.84. The van der Waals surface area contributed by atoms with Gasteiger partial charge in [0.15, 0.2) is 0 Å². The van der Waals surface area contributed by atoms with E-state index in [0.29, 0.717) is 10.0 Å². The summed E-state index contributed by atoms with van der Waals surface area (Å²) in [6.07, 6.45) is 2.14. The highest BCUT2D eigenvalue weighted by Crippen LogP contribution is 2.27. The monoisotopic (exact) mass is 229 g/mol. The van der Waals surface area contributed by atoms with E-state index in [-0.39, 0.29) is 0 Å². The van der Waals surface area contributed by atoms with Crippen molar-refractivity contribution in [2.24, 2.45) is 0 Å². The Morgan fingerprint density at radius 3 is 1.86 bits per heavy atom. The summed E-state index contributed by atoms with van der Waals surface area (Å²) in [5.74, 6) is 0. The summed E-state index contributed by atoms with van der Waals surface area (Å²) < 4.78 is 0. The van der Waals surface area contributed by atoms with E-state index < -0.39 is 0 Å². The summed E-state index contributed by atoms with van der Waals surface area (Å²) in [6.45, 7) is 2.20. The van der Waals surface area contributed by atoms with Crippen LogP contribution in [0.5, 0.6) is 0 Å². The first-order chi connectivity index (χ1) is 6.66. The van der Waals surface area contributed by atoms with E-state index >= 15 is 0 Å². The fourth-order valence-electron chi connectivity index (χ4n) is 1.83. The third kappa shape index (κ3) is 2.05. The molecule has 0 amide bonds. The van der Waals surface area contributed by atoms with Gasteiger partial charge >= 0.3 is 0 Å². The van der Waals surface area contributed by atoms with Gasteiger partial charge in [-0.05, 0) is 43.1 Å². The fraction of sp³-hybridized carbons (Fsp3) is 0.455. The summed E-state index contributed by atoms with van der Waals surface area (Å²) in [6, 6.07) is 4.02. The summed E-state index contributed by atoms with van der Waals surface area (Å²) in [7, 11) is 2.15. The predicted molar refractivity (Wildman–Crippen MR) is 61.4 cm³/mol. The van der Waals surface area contributed by atoms with Crippen LogP contribution in [-0.2, 0) is 12.8 Å². The van der Waals surface area contributed by atoms with Crippen LogP contribution in [0.1, 0.15) is 11.1 Å². The van der Waals surface area contributed by atoms with Crippen LogP contribution < -0.4 is 0 Å². The van der Waals surface area contributed by atoms with Gasteiger partial charge in [0.1, 0.15) is 0 Å². The normalized spacial score (nSPS) is 17.6. The lowest BCUT2D eigenvalue weighted by molar-refractivity contribution is 0.352. The summed E-state index contributed by atoms with van der Waals surface area (Å²) in [5.41, 5.74) is 2.70. The Balaban J connectivity index is 2.36. The number of nitrogens with zero attached hydrogens (tertiary/aromatic N) is 1. The number of hydrogen-bond donors (Lipinski definition) is 0. The van der Waals surface area contributed by atoms with Gasteiger partial charge in [-0.3, -0.25) is 0 Å². The average Bonchev–Trinajstić information content (AvgIpc) is 2.31. The maximum Gasteiger partial charge on any atom is 0.0595 e. The highest BCUT2D eigenvalue weighted by atomic mass is 35.5. The first-order valence-corrected chi connectivity index (χ1v) is 5.58. The molecule has 0 bridgehead atoms. The number of halogens is 2. The molecule has 0 saturated heterocycles. The molecule has 1 aromatic rings. The lowest BCUT2D eigenvalue weighted by atomic mass is 10.0. The molecule has 1 aliphatic heterocycles. The minimum atomic E-state index is 0.676. The quantitative estimate of drug-likeness (QED) is 0.662. The molecule has 1 nitrogen and oxygen atoms in total. The first-order valence-electron chi connectivity index (χ1n) is 4.82. The molecule has 0 N–H and O–H groups in total. The van der Waals surface area contributed by atoms with Crippen molar-refractivity contribution < 1.29 is 0 Å². The third-order valence-electron chi connectivity index (χ3n) is 2.77. The first kappa shape index (κ1) is 10.3. The van der Waals surface area contributed by atoms with Crippen molar-refractivity contribution in [1.29, 1.82) is 0 Å². The largest absolute Gasteiger partial charge is 0.306 e. The van der Waals surface area contributed by atoms with Gasteiger partial charge < -0.3 is 4.90 Å². The van der Waals surface area contributed by atoms with Crippen LogP contribution in [0, 0.1) is 0 Å². The molecule has 3 heteroatoms. The van der Waals surface area contributed by atoms with Crippen molar-refractivity contribution in [3.8, 4) is 0 Å². The van der Waals surface area contributed by atoms with Gasteiger partial charge in [-0.25, -0.2) is 0 Å². The van der Waals surface area contributed by atoms with E-state index in [0.717, 1.165) is 25.9 Å². The number of fused-ring (bicyclic) bond motifs is 1. The van der Waals surface area contributed by atoms with Crippen molar-refractivity contribution in [3.05, 3.63) is 33.3 Å².